The van der Waals surface area contributed by atoms with E-state index in [1.807, 2.05) is 13.0 Å². The Kier molecular flexibility index (Phi) is 4.38. The minimum Gasteiger partial charge on any atom is -0.306 e. The highest BCUT2D eigenvalue weighted by atomic mass is 79.9. The van der Waals surface area contributed by atoms with Crippen LogP contribution >= 0.6 is 27.5 Å². The van der Waals surface area contributed by atoms with E-state index in [2.05, 4.69) is 35.8 Å². The van der Waals surface area contributed by atoms with Crippen molar-refractivity contribution in [3.63, 3.8) is 0 Å². The van der Waals surface area contributed by atoms with E-state index in [9.17, 15) is 4.79 Å². The second kappa shape index (κ2) is 6.01. The number of rotatable bonds is 4. The Labute approximate surface area is 117 Å². The zero-order valence-corrected chi connectivity index (χ0v) is 12.1. The number of hydrogen-bond acceptors (Lipinski definition) is 5. The minimum absolute atomic E-state index is 0.205. The number of nitrogens with zero attached hydrogens (tertiary/aromatic N) is 3. The van der Waals surface area contributed by atoms with Gasteiger partial charge in [0.15, 0.2) is 0 Å². The number of nitrogens with one attached hydrogen (secondary N) is 1. The average molecular weight is 327 g/mol. The van der Waals surface area contributed by atoms with Crippen LogP contribution in [0.4, 0.5) is 5.82 Å². The molecule has 0 unspecified atom stereocenters. The summed E-state index contributed by atoms with van der Waals surface area (Å²) in [6, 6.07) is 3.55. The molecule has 1 amide bonds. The van der Waals surface area contributed by atoms with Crippen LogP contribution in [-0.4, -0.2) is 20.5 Å². The van der Waals surface area contributed by atoms with Crippen molar-refractivity contribution in [1.29, 1.82) is 0 Å². The van der Waals surface area contributed by atoms with Crippen LogP contribution in [0.5, 0.6) is 0 Å². The van der Waals surface area contributed by atoms with Gasteiger partial charge in [-0.3, -0.25) is 4.79 Å². The van der Waals surface area contributed by atoms with E-state index >= 15 is 0 Å². The van der Waals surface area contributed by atoms with Crippen molar-refractivity contribution in [2.75, 3.05) is 5.32 Å². The van der Waals surface area contributed by atoms with Crippen LogP contribution < -0.4 is 5.32 Å². The standard InChI is InChI=1S/C11H11BrN4OS/c1-2-3-8-10(18-16-15-8)11(17)14-9-5-4-7(12)6-13-9/h4-6H,2-3H2,1H3,(H,13,14,17). The molecule has 0 aromatic carbocycles. The van der Waals surface area contributed by atoms with Gasteiger partial charge in [-0.2, -0.15) is 0 Å². The second-order valence-electron chi connectivity index (χ2n) is 3.61. The highest BCUT2D eigenvalue weighted by molar-refractivity contribution is 9.10. The van der Waals surface area contributed by atoms with Crippen molar-refractivity contribution in [1.82, 2.24) is 14.6 Å². The first-order chi connectivity index (χ1) is 8.70. The second-order valence-corrected chi connectivity index (χ2v) is 5.28. The molecule has 0 fully saturated rings. The molecule has 0 radical (unpaired) electrons. The monoisotopic (exact) mass is 326 g/mol. The molecular weight excluding hydrogens is 316 g/mol. The first kappa shape index (κ1) is 13.1. The summed E-state index contributed by atoms with van der Waals surface area (Å²) in [5.41, 5.74) is 0.747. The van der Waals surface area contributed by atoms with E-state index in [0.29, 0.717) is 10.7 Å². The maximum absolute atomic E-state index is 12.0. The molecule has 0 spiro atoms. The fraction of sp³-hybridized carbons (Fsp3) is 0.273. The Morgan fingerprint density at radius 3 is 3.00 bits per heavy atom. The molecule has 2 heterocycles. The Balaban J connectivity index is 2.11. The summed E-state index contributed by atoms with van der Waals surface area (Å²) in [5, 5.41) is 6.69. The van der Waals surface area contributed by atoms with Crippen molar-refractivity contribution in [3.05, 3.63) is 33.4 Å². The number of anilines is 1. The van der Waals surface area contributed by atoms with Crippen LogP contribution in [0.25, 0.3) is 0 Å². The van der Waals surface area contributed by atoms with Crippen LogP contribution in [0.3, 0.4) is 0 Å². The molecule has 0 aliphatic carbocycles. The number of aryl methyl sites for hydroxylation is 1. The number of hydrogen-bond donors (Lipinski definition) is 1. The Morgan fingerprint density at radius 1 is 1.50 bits per heavy atom. The number of carbonyl (C=O) groups is 1. The molecule has 0 saturated carbocycles. The van der Waals surface area contributed by atoms with E-state index in [4.69, 9.17) is 0 Å². The van der Waals surface area contributed by atoms with Gasteiger partial charge in [-0.15, -0.1) is 5.10 Å². The van der Waals surface area contributed by atoms with Gasteiger partial charge in [-0.1, -0.05) is 17.8 Å². The molecule has 5 nitrogen and oxygen atoms in total. The molecule has 7 heteroatoms. The molecule has 2 aromatic heterocycles. The lowest BCUT2D eigenvalue weighted by Crippen LogP contribution is -2.13. The van der Waals surface area contributed by atoms with Gasteiger partial charge in [0.1, 0.15) is 10.7 Å². The van der Waals surface area contributed by atoms with Crippen LogP contribution in [0.15, 0.2) is 22.8 Å². The molecule has 2 aromatic rings. The van der Waals surface area contributed by atoms with Gasteiger partial charge >= 0.3 is 0 Å². The van der Waals surface area contributed by atoms with Crippen LogP contribution in [0.1, 0.15) is 28.7 Å². The third kappa shape index (κ3) is 3.11. The predicted molar refractivity (Wildman–Crippen MR) is 73.8 cm³/mol. The Morgan fingerprint density at radius 2 is 2.33 bits per heavy atom. The smallest absolute Gasteiger partial charge is 0.270 e. The maximum Gasteiger partial charge on any atom is 0.270 e. The molecule has 0 saturated heterocycles. The lowest BCUT2D eigenvalue weighted by molar-refractivity contribution is 0.102. The fourth-order valence-electron chi connectivity index (χ4n) is 1.40. The lowest BCUT2D eigenvalue weighted by atomic mass is 10.2. The van der Waals surface area contributed by atoms with E-state index < -0.39 is 0 Å². The number of aromatic nitrogens is 3. The highest BCUT2D eigenvalue weighted by Gasteiger charge is 2.15. The van der Waals surface area contributed by atoms with Crippen molar-refractivity contribution >= 4 is 39.2 Å². The molecule has 2 rings (SSSR count). The van der Waals surface area contributed by atoms with Crippen molar-refractivity contribution in [2.45, 2.75) is 19.8 Å². The van der Waals surface area contributed by atoms with Gasteiger partial charge in [0.05, 0.1) is 5.69 Å². The molecule has 0 aliphatic rings. The first-order valence-electron chi connectivity index (χ1n) is 5.45. The SMILES string of the molecule is CCCc1nnsc1C(=O)Nc1ccc(Br)cn1. The summed E-state index contributed by atoms with van der Waals surface area (Å²) in [5.74, 6) is 0.308. The average Bonchev–Trinajstić information content (AvgIpc) is 2.81. The summed E-state index contributed by atoms with van der Waals surface area (Å²) in [6.07, 6.45) is 3.32. The van der Waals surface area contributed by atoms with Crippen molar-refractivity contribution < 1.29 is 4.79 Å². The largest absolute Gasteiger partial charge is 0.306 e. The summed E-state index contributed by atoms with van der Waals surface area (Å²) in [7, 11) is 0. The van der Waals surface area contributed by atoms with Gasteiger partial charge in [0, 0.05) is 10.7 Å². The normalized spacial score (nSPS) is 10.3. The Hall–Kier alpha value is -1.34. The van der Waals surface area contributed by atoms with E-state index in [1.54, 1.807) is 12.3 Å². The van der Waals surface area contributed by atoms with Crippen molar-refractivity contribution in [2.24, 2.45) is 0 Å². The maximum atomic E-state index is 12.0. The number of amides is 1. The van der Waals surface area contributed by atoms with Gasteiger partial charge in [0.2, 0.25) is 0 Å². The first-order valence-corrected chi connectivity index (χ1v) is 7.01. The third-order valence-electron chi connectivity index (χ3n) is 2.22. The predicted octanol–water partition coefficient (Wildman–Crippen LogP) is 2.90. The van der Waals surface area contributed by atoms with Crippen LogP contribution in [0.2, 0.25) is 0 Å². The van der Waals surface area contributed by atoms with E-state index in [0.717, 1.165) is 34.5 Å². The topological polar surface area (TPSA) is 67.8 Å². The number of halogens is 1. The number of carbonyl (C=O) groups excluding carboxylic acids is 1. The van der Waals surface area contributed by atoms with E-state index in [-0.39, 0.29) is 5.91 Å². The highest BCUT2D eigenvalue weighted by Crippen LogP contribution is 2.16. The molecule has 94 valence electrons. The van der Waals surface area contributed by atoms with Gasteiger partial charge in [-0.05, 0) is 46.0 Å². The Bertz CT molecular complexity index is 540. The zero-order chi connectivity index (χ0) is 13.0. The van der Waals surface area contributed by atoms with E-state index in [1.165, 1.54) is 0 Å². The zero-order valence-electron chi connectivity index (χ0n) is 9.68. The molecular formula is C11H11BrN4OS. The number of pyridine rings is 1. The minimum atomic E-state index is -0.205. The molecule has 18 heavy (non-hydrogen) atoms. The van der Waals surface area contributed by atoms with Crippen molar-refractivity contribution in [3.8, 4) is 0 Å². The summed E-state index contributed by atoms with van der Waals surface area (Å²) < 4.78 is 4.69. The van der Waals surface area contributed by atoms with Gasteiger partial charge < -0.3 is 5.32 Å². The summed E-state index contributed by atoms with van der Waals surface area (Å²) in [6.45, 7) is 2.04. The molecule has 0 atom stereocenters. The van der Waals surface area contributed by atoms with Crippen LogP contribution in [0, 0.1) is 0 Å². The van der Waals surface area contributed by atoms with Gasteiger partial charge in [-0.25, -0.2) is 4.98 Å². The summed E-state index contributed by atoms with van der Waals surface area (Å²) >= 11 is 4.40. The molecule has 0 bridgehead atoms. The summed E-state index contributed by atoms with van der Waals surface area (Å²) in [4.78, 5) is 16.7. The van der Waals surface area contributed by atoms with Crippen LogP contribution in [-0.2, 0) is 6.42 Å². The molecule has 1 N–H and O–H groups in total. The molecule has 0 aliphatic heterocycles. The quantitative estimate of drug-likeness (QED) is 0.937. The third-order valence-corrected chi connectivity index (χ3v) is 3.45. The fourth-order valence-corrected chi connectivity index (χ4v) is 2.24. The lowest BCUT2D eigenvalue weighted by Gasteiger charge is -2.03. The van der Waals surface area contributed by atoms with Gasteiger partial charge in [0.25, 0.3) is 5.91 Å².